The van der Waals surface area contributed by atoms with Gasteiger partial charge in [0, 0.05) is 18.5 Å². The highest BCUT2D eigenvalue weighted by Crippen LogP contribution is 2.33. The summed E-state index contributed by atoms with van der Waals surface area (Å²) in [6.45, 7) is 2.99. The van der Waals surface area contributed by atoms with Crippen LogP contribution in [0.4, 0.5) is 4.39 Å². The number of nitrogens with one attached hydrogen (secondary N) is 1. The zero-order chi connectivity index (χ0) is 15.7. The van der Waals surface area contributed by atoms with Crippen LogP contribution >= 0.6 is 27.3 Å². The lowest BCUT2D eigenvalue weighted by Crippen LogP contribution is -2.25. The number of thiophene rings is 1. The van der Waals surface area contributed by atoms with Crippen molar-refractivity contribution in [1.29, 1.82) is 0 Å². The van der Waals surface area contributed by atoms with Crippen LogP contribution < -0.4 is 5.32 Å². The number of carbonyl (C=O) groups is 1. The lowest BCUT2D eigenvalue weighted by atomic mass is 10.2. The van der Waals surface area contributed by atoms with E-state index in [0.29, 0.717) is 18.8 Å². The summed E-state index contributed by atoms with van der Waals surface area (Å²) < 4.78 is 17.0. The first-order valence-electron chi connectivity index (χ1n) is 6.89. The fraction of sp³-hybridized carbons (Fsp3) is 0.188. The minimum atomic E-state index is -0.262. The maximum absolute atomic E-state index is 13.1. The summed E-state index contributed by atoms with van der Waals surface area (Å²) >= 11 is 5.13. The lowest BCUT2D eigenvalue weighted by molar-refractivity contribution is 0.0947. The molecule has 0 radical (unpaired) electrons. The van der Waals surface area contributed by atoms with Gasteiger partial charge in [-0.25, -0.2) is 4.39 Å². The first-order chi connectivity index (χ1) is 10.6. The SMILES string of the molecule is CCNC(=O)c1cc2scc(Br)c2n1Cc1ccc(F)cc1. The molecule has 3 rings (SSSR count). The van der Waals surface area contributed by atoms with Gasteiger partial charge >= 0.3 is 0 Å². The third-order valence-electron chi connectivity index (χ3n) is 3.40. The number of rotatable bonds is 4. The number of aromatic nitrogens is 1. The molecule has 0 spiro atoms. The van der Waals surface area contributed by atoms with E-state index in [1.807, 2.05) is 22.9 Å². The summed E-state index contributed by atoms with van der Waals surface area (Å²) in [4.78, 5) is 12.3. The van der Waals surface area contributed by atoms with E-state index in [1.54, 1.807) is 23.5 Å². The van der Waals surface area contributed by atoms with Crippen LogP contribution in [0.2, 0.25) is 0 Å². The number of carbonyl (C=O) groups excluding carboxylic acids is 1. The van der Waals surface area contributed by atoms with Crippen LogP contribution in [0.3, 0.4) is 0 Å². The number of halogens is 2. The molecule has 3 aromatic rings. The third-order valence-corrected chi connectivity index (χ3v) is 5.23. The first kappa shape index (κ1) is 15.2. The average molecular weight is 381 g/mol. The van der Waals surface area contributed by atoms with Crippen LogP contribution in [0.25, 0.3) is 10.2 Å². The standard InChI is InChI=1S/C16H14BrFN2OS/c1-2-19-16(21)13-7-14-15(12(17)9-22-14)20(13)8-10-3-5-11(18)6-4-10/h3-7,9H,2,8H2,1H3,(H,19,21). The molecule has 0 aliphatic rings. The Morgan fingerprint density at radius 1 is 1.36 bits per heavy atom. The third kappa shape index (κ3) is 2.80. The molecule has 1 N–H and O–H groups in total. The number of nitrogens with zero attached hydrogens (tertiary/aromatic N) is 1. The Labute approximate surface area is 139 Å². The fourth-order valence-electron chi connectivity index (χ4n) is 2.41. The van der Waals surface area contributed by atoms with Gasteiger partial charge in [0.1, 0.15) is 11.5 Å². The predicted octanol–water partition coefficient (Wildman–Crippen LogP) is 4.40. The van der Waals surface area contributed by atoms with Gasteiger partial charge in [-0.1, -0.05) is 12.1 Å². The Morgan fingerprint density at radius 3 is 2.77 bits per heavy atom. The second kappa shape index (κ2) is 6.22. The van der Waals surface area contributed by atoms with Crippen LogP contribution in [0.15, 0.2) is 40.2 Å². The highest BCUT2D eigenvalue weighted by molar-refractivity contribution is 9.10. The minimum Gasteiger partial charge on any atom is -0.351 e. The van der Waals surface area contributed by atoms with Crippen molar-refractivity contribution in [3.8, 4) is 0 Å². The van der Waals surface area contributed by atoms with Gasteiger partial charge in [0.15, 0.2) is 0 Å². The molecule has 1 amide bonds. The highest BCUT2D eigenvalue weighted by Gasteiger charge is 2.18. The zero-order valence-corrected chi connectivity index (χ0v) is 14.3. The molecule has 0 saturated heterocycles. The second-order valence-corrected chi connectivity index (χ2v) is 6.66. The van der Waals surface area contributed by atoms with Crippen LogP contribution in [0.5, 0.6) is 0 Å². The number of amides is 1. The molecule has 0 aliphatic heterocycles. The van der Waals surface area contributed by atoms with E-state index in [-0.39, 0.29) is 11.7 Å². The number of hydrogen-bond donors (Lipinski definition) is 1. The average Bonchev–Trinajstić information content (AvgIpc) is 3.03. The Kier molecular flexibility index (Phi) is 4.31. The molecule has 0 aliphatic carbocycles. The zero-order valence-electron chi connectivity index (χ0n) is 11.9. The normalized spacial score (nSPS) is 11.0. The second-order valence-electron chi connectivity index (χ2n) is 4.90. The van der Waals surface area contributed by atoms with E-state index >= 15 is 0 Å². The summed E-state index contributed by atoms with van der Waals surface area (Å²) in [6.07, 6.45) is 0. The summed E-state index contributed by atoms with van der Waals surface area (Å²) in [5.41, 5.74) is 2.56. The van der Waals surface area contributed by atoms with Crippen molar-refractivity contribution in [3.05, 3.63) is 57.3 Å². The van der Waals surface area contributed by atoms with E-state index in [2.05, 4.69) is 21.2 Å². The molecular formula is C16H14BrFN2OS. The van der Waals surface area contributed by atoms with E-state index in [1.165, 1.54) is 12.1 Å². The molecule has 2 heterocycles. The molecule has 0 atom stereocenters. The Balaban J connectivity index is 2.08. The predicted molar refractivity (Wildman–Crippen MR) is 91.0 cm³/mol. The number of fused-ring (bicyclic) bond motifs is 1. The minimum absolute atomic E-state index is 0.0973. The maximum Gasteiger partial charge on any atom is 0.267 e. The molecule has 0 bridgehead atoms. The van der Waals surface area contributed by atoms with E-state index in [4.69, 9.17) is 0 Å². The Hall–Kier alpha value is -1.66. The largest absolute Gasteiger partial charge is 0.351 e. The fourth-order valence-corrected chi connectivity index (χ4v) is 4.10. The van der Waals surface area contributed by atoms with Gasteiger partial charge in [-0.3, -0.25) is 4.79 Å². The van der Waals surface area contributed by atoms with E-state index in [0.717, 1.165) is 20.3 Å². The summed E-state index contributed by atoms with van der Waals surface area (Å²) in [5, 5.41) is 4.84. The van der Waals surface area contributed by atoms with Crippen LogP contribution in [-0.4, -0.2) is 17.0 Å². The molecule has 0 fully saturated rings. The lowest BCUT2D eigenvalue weighted by Gasteiger charge is -2.11. The van der Waals surface area contributed by atoms with Gasteiger partial charge in [-0.2, -0.15) is 0 Å². The van der Waals surface area contributed by atoms with Gasteiger partial charge in [0.25, 0.3) is 5.91 Å². The monoisotopic (exact) mass is 380 g/mol. The Bertz CT molecular complexity index is 823. The maximum atomic E-state index is 13.1. The van der Waals surface area contributed by atoms with Crippen molar-refractivity contribution in [3.63, 3.8) is 0 Å². The summed E-state index contributed by atoms with van der Waals surface area (Å²) in [5.74, 6) is -0.359. The van der Waals surface area contributed by atoms with Gasteiger partial charge in [0.05, 0.1) is 14.7 Å². The van der Waals surface area contributed by atoms with Gasteiger partial charge in [0.2, 0.25) is 0 Å². The highest BCUT2D eigenvalue weighted by atomic mass is 79.9. The summed E-state index contributed by atoms with van der Waals surface area (Å²) in [7, 11) is 0. The van der Waals surface area contributed by atoms with Crippen LogP contribution in [-0.2, 0) is 6.54 Å². The Morgan fingerprint density at radius 2 is 2.09 bits per heavy atom. The van der Waals surface area contributed by atoms with E-state index in [9.17, 15) is 9.18 Å². The topological polar surface area (TPSA) is 34.0 Å². The van der Waals surface area contributed by atoms with Crippen LogP contribution in [0.1, 0.15) is 23.0 Å². The molecule has 1 aromatic carbocycles. The van der Waals surface area contributed by atoms with E-state index < -0.39 is 0 Å². The summed E-state index contributed by atoms with van der Waals surface area (Å²) in [6, 6.07) is 8.25. The van der Waals surface area contributed by atoms with Crippen molar-refractivity contribution in [1.82, 2.24) is 9.88 Å². The van der Waals surface area contributed by atoms with Crippen molar-refractivity contribution < 1.29 is 9.18 Å². The first-order valence-corrected chi connectivity index (χ1v) is 8.56. The molecule has 3 nitrogen and oxygen atoms in total. The van der Waals surface area contributed by atoms with Crippen molar-refractivity contribution in [2.45, 2.75) is 13.5 Å². The van der Waals surface area contributed by atoms with Gasteiger partial charge in [-0.05, 0) is 46.6 Å². The molecule has 0 saturated carbocycles. The van der Waals surface area contributed by atoms with Crippen LogP contribution in [0, 0.1) is 5.82 Å². The molecular weight excluding hydrogens is 367 g/mol. The molecule has 22 heavy (non-hydrogen) atoms. The van der Waals surface area contributed by atoms with Crippen molar-refractivity contribution in [2.75, 3.05) is 6.54 Å². The van der Waals surface area contributed by atoms with Gasteiger partial charge in [-0.15, -0.1) is 11.3 Å². The molecule has 114 valence electrons. The molecule has 2 aromatic heterocycles. The van der Waals surface area contributed by atoms with Crippen molar-refractivity contribution >= 4 is 43.4 Å². The number of hydrogen-bond acceptors (Lipinski definition) is 2. The van der Waals surface area contributed by atoms with Gasteiger partial charge < -0.3 is 9.88 Å². The molecule has 0 unspecified atom stereocenters. The molecule has 6 heteroatoms. The smallest absolute Gasteiger partial charge is 0.267 e. The van der Waals surface area contributed by atoms with Crippen molar-refractivity contribution in [2.24, 2.45) is 0 Å². The quantitative estimate of drug-likeness (QED) is 0.714. The number of benzene rings is 1.